The molecule has 1 aliphatic rings. The van der Waals surface area contributed by atoms with Crippen molar-refractivity contribution in [3.63, 3.8) is 0 Å². The molecule has 1 N–H and O–H groups in total. The van der Waals surface area contributed by atoms with Crippen LogP contribution in [0.5, 0.6) is 0 Å². The first-order valence-electron chi connectivity index (χ1n) is 6.33. The Morgan fingerprint density at radius 1 is 1.56 bits per heavy atom. The Kier molecular flexibility index (Phi) is 3.79. The van der Waals surface area contributed by atoms with Crippen molar-refractivity contribution in [1.29, 1.82) is 0 Å². The smallest absolute Gasteiger partial charge is 0.343 e. The summed E-state index contributed by atoms with van der Waals surface area (Å²) in [5, 5.41) is 3.27. The van der Waals surface area contributed by atoms with Gasteiger partial charge in [0.15, 0.2) is 0 Å². The number of anilines is 1. The number of nitrogens with one attached hydrogen (secondary N) is 1. The van der Waals surface area contributed by atoms with Gasteiger partial charge in [-0.3, -0.25) is 0 Å². The Balaban J connectivity index is 2.07. The number of hydrogen-bond donors (Lipinski definition) is 1. The molecule has 1 heterocycles. The monoisotopic (exact) mass is 249 g/mol. The molecule has 1 aliphatic carbocycles. The van der Waals surface area contributed by atoms with E-state index >= 15 is 0 Å². The minimum absolute atomic E-state index is 0.373. The van der Waals surface area contributed by atoms with Crippen LogP contribution in [0.3, 0.4) is 0 Å². The fraction of sp³-hybridized carbons (Fsp3) is 0.615. The van der Waals surface area contributed by atoms with Crippen LogP contribution >= 0.6 is 0 Å². The molecule has 18 heavy (non-hydrogen) atoms. The number of rotatable bonds is 5. The third-order valence-electron chi connectivity index (χ3n) is 3.91. The molecule has 0 amide bonds. The van der Waals surface area contributed by atoms with Gasteiger partial charge in [-0.1, -0.05) is 13.3 Å². The normalized spacial score (nSPS) is 16.8. The van der Waals surface area contributed by atoms with Gasteiger partial charge in [-0.15, -0.1) is 0 Å². The number of aromatic nitrogens is 2. The van der Waals surface area contributed by atoms with Crippen LogP contribution in [-0.2, 0) is 4.74 Å². The van der Waals surface area contributed by atoms with E-state index in [0.717, 1.165) is 13.0 Å². The van der Waals surface area contributed by atoms with Gasteiger partial charge in [0.05, 0.1) is 7.11 Å². The number of nitrogens with zero attached hydrogens (tertiary/aromatic N) is 2. The lowest BCUT2D eigenvalue weighted by molar-refractivity contribution is 0.0600. The van der Waals surface area contributed by atoms with Crippen molar-refractivity contribution >= 4 is 11.8 Å². The Bertz CT molecular complexity index is 424. The van der Waals surface area contributed by atoms with Crippen molar-refractivity contribution < 1.29 is 9.53 Å². The zero-order chi connectivity index (χ0) is 13.0. The van der Waals surface area contributed by atoms with Crippen molar-refractivity contribution in [2.75, 3.05) is 19.0 Å². The van der Waals surface area contributed by atoms with Gasteiger partial charge in [0.1, 0.15) is 17.7 Å². The second kappa shape index (κ2) is 5.33. The van der Waals surface area contributed by atoms with Crippen molar-refractivity contribution in [3.8, 4) is 0 Å². The quantitative estimate of drug-likeness (QED) is 0.811. The Hall–Kier alpha value is -1.65. The van der Waals surface area contributed by atoms with E-state index in [1.807, 2.05) is 0 Å². The number of carbonyl (C=O) groups excluding carboxylic acids is 1. The van der Waals surface area contributed by atoms with Gasteiger partial charge >= 0.3 is 5.97 Å². The molecular weight excluding hydrogens is 230 g/mol. The van der Waals surface area contributed by atoms with Gasteiger partial charge in [-0.05, 0) is 24.7 Å². The molecule has 1 fully saturated rings. The Morgan fingerprint density at radius 3 is 2.89 bits per heavy atom. The van der Waals surface area contributed by atoms with E-state index in [-0.39, 0.29) is 0 Å². The van der Waals surface area contributed by atoms with Crippen LogP contribution in [0, 0.1) is 5.41 Å². The van der Waals surface area contributed by atoms with E-state index < -0.39 is 5.97 Å². The Labute approximate surface area is 107 Å². The van der Waals surface area contributed by atoms with Crippen molar-refractivity contribution in [2.24, 2.45) is 5.41 Å². The predicted octanol–water partition coefficient (Wildman–Crippen LogP) is 2.26. The van der Waals surface area contributed by atoms with Gasteiger partial charge in [0, 0.05) is 12.7 Å². The van der Waals surface area contributed by atoms with Crippen LogP contribution in [0.2, 0.25) is 0 Å². The van der Waals surface area contributed by atoms with E-state index in [9.17, 15) is 4.79 Å². The van der Waals surface area contributed by atoms with E-state index in [4.69, 9.17) is 4.74 Å². The average Bonchev–Trinajstić information content (AvgIpc) is 2.37. The zero-order valence-corrected chi connectivity index (χ0v) is 10.9. The second-order valence-electron chi connectivity index (χ2n) is 4.84. The standard InChI is InChI=1S/C13H19N3O2/c1-3-13(5-4-6-13)8-15-11-10(12(17)18-2)7-14-9-16-11/h7,9H,3-6,8H2,1-2H3,(H,14,15,16). The third kappa shape index (κ3) is 2.44. The summed E-state index contributed by atoms with van der Waals surface area (Å²) in [5.41, 5.74) is 0.767. The molecule has 1 aromatic heterocycles. The average molecular weight is 249 g/mol. The number of ether oxygens (including phenoxy) is 1. The van der Waals surface area contributed by atoms with Crippen LogP contribution in [0.25, 0.3) is 0 Å². The van der Waals surface area contributed by atoms with Crippen LogP contribution in [-0.4, -0.2) is 29.6 Å². The largest absolute Gasteiger partial charge is 0.465 e. The van der Waals surface area contributed by atoms with E-state index in [1.165, 1.54) is 38.9 Å². The molecule has 0 unspecified atom stereocenters. The van der Waals surface area contributed by atoms with Gasteiger partial charge < -0.3 is 10.1 Å². The highest BCUT2D eigenvalue weighted by atomic mass is 16.5. The molecule has 0 saturated heterocycles. The molecule has 0 aromatic carbocycles. The molecule has 1 aromatic rings. The molecule has 0 bridgehead atoms. The highest BCUT2D eigenvalue weighted by Crippen LogP contribution is 2.43. The maximum atomic E-state index is 11.6. The summed E-state index contributed by atoms with van der Waals surface area (Å²) < 4.78 is 4.72. The molecule has 1 saturated carbocycles. The topological polar surface area (TPSA) is 64.1 Å². The van der Waals surface area contributed by atoms with Crippen LogP contribution in [0.1, 0.15) is 43.0 Å². The van der Waals surface area contributed by atoms with E-state index in [2.05, 4.69) is 22.2 Å². The summed E-state index contributed by atoms with van der Waals surface area (Å²) >= 11 is 0. The summed E-state index contributed by atoms with van der Waals surface area (Å²) in [6.45, 7) is 3.06. The summed E-state index contributed by atoms with van der Waals surface area (Å²) in [7, 11) is 1.36. The number of carbonyl (C=O) groups is 1. The summed E-state index contributed by atoms with van der Waals surface area (Å²) in [4.78, 5) is 19.6. The van der Waals surface area contributed by atoms with Crippen molar-refractivity contribution in [1.82, 2.24) is 9.97 Å². The molecule has 0 aliphatic heterocycles. The van der Waals surface area contributed by atoms with Gasteiger partial charge in [0.25, 0.3) is 0 Å². The lowest BCUT2D eigenvalue weighted by Gasteiger charge is -2.41. The Morgan fingerprint density at radius 2 is 2.33 bits per heavy atom. The van der Waals surface area contributed by atoms with Gasteiger partial charge in [-0.2, -0.15) is 0 Å². The lowest BCUT2D eigenvalue weighted by Crippen LogP contribution is -2.36. The first-order valence-corrected chi connectivity index (χ1v) is 6.33. The van der Waals surface area contributed by atoms with E-state index in [1.54, 1.807) is 0 Å². The summed E-state index contributed by atoms with van der Waals surface area (Å²) in [6, 6.07) is 0. The molecule has 5 heteroatoms. The van der Waals surface area contributed by atoms with Crippen molar-refractivity contribution in [2.45, 2.75) is 32.6 Å². The maximum Gasteiger partial charge on any atom is 0.343 e. The van der Waals surface area contributed by atoms with Crippen LogP contribution in [0.4, 0.5) is 5.82 Å². The highest BCUT2D eigenvalue weighted by Gasteiger charge is 2.35. The van der Waals surface area contributed by atoms with Crippen LogP contribution in [0.15, 0.2) is 12.5 Å². The molecule has 5 nitrogen and oxygen atoms in total. The molecule has 0 atom stereocenters. The first kappa shape index (κ1) is 12.8. The molecule has 0 radical (unpaired) electrons. The van der Waals surface area contributed by atoms with Gasteiger partial charge in [0.2, 0.25) is 0 Å². The summed E-state index contributed by atoms with van der Waals surface area (Å²) in [5.74, 6) is 0.161. The third-order valence-corrected chi connectivity index (χ3v) is 3.91. The molecule has 0 spiro atoms. The maximum absolute atomic E-state index is 11.6. The fourth-order valence-corrected chi connectivity index (χ4v) is 2.33. The SMILES string of the molecule is CCC1(CNc2ncncc2C(=O)OC)CCC1. The molecular formula is C13H19N3O2. The van der Waals surface area contributed by atoms with Gasteiger partial charge in [-0.25, -0.2) is 14.8 Å². The lowest BCUT2D eigenvalue weighted by atomic mass is 9.67. The fourth-order valence-electron chi connectivity index (χ4n) is 2.33. The van der Waals surface area contributed by atoms with Crippen molar-refractivity contribution in [3.05, 3.63) is 18.1 Å². The highest BCUT2D eigenvalue weighted by molar-refractivity contribution is 5.94. The second-order valence-corrected chi connectivity index (χ2v) is 4.84. The van der Waals surface area contributed by atoms with E-state index in [0.29, 0.717) is 16.8 Å². The minimum atomic E-state index is -0.405. The van der Waals surface area contributed by atoms with Crippen LogP contribution < -0.4 is 5.32 Å². The molecule has 2 rings (SSSR count). The number of esters is 1. The minimum Gasteiger partial charge on any atom is -0.465 e. The number of hydrogen-bond acceptors (Lipinski definition) is 5. The first-order chi connectivity index (χ1) is 8.71. The molecule has 98 valence electrons. The predicted molar refractivity (Wildman–Crippen MR) is 68.4 cm³/mol. The zero-order valence-electron chi connectivity index (χ0n) is 10.9. The number of methoxy groups -OCH3 is 1. The summed E-state index contributed by atoms with van der Waals surface area (Å²) in [6.07, 6.45) is 7.86.